The molecule has 1 aliphatic rings. The highest BCUT2D eigenvalue weighted by Crippen LogP contribution is 2.18. The van der Waals surface area contributed by atoms with Gasteiger partial charge in [-0.05, 0) is 75.1 Å². The first kappa shape index (κ1) is 23.8. The number of nitrogens with zero attached hydrogens (tertiary/aromatic N) is 3. The number of fused-ring (bicyclic) bond motifs is 2. The maximum Gasteiger partial charge on any atom is 0.131 e. The molecule has 28 heavy (non-hydrogen) atoms. The van der Waals surface area contributed by atoms with E-state index in [2.05, 4.69) is 101 Å². The van der Waals surface area contributed by atoms with Crippen molar-refractivity contribution in [2.45, 2.75) is 12.8 Å². The molecule has 1 N–H and O–H groups in total. The van der Waals surface area contributed by atoms with Crippen LogP contribution in [-0.4, -0.2) is 38.1 Å². The molecule has 0 unspecified atom stereocenters. The standard InChI is InChI=1S/C8H7IN2.C7H5IN2.C4H8O.CH3I/c1-11-7-5-3-2-4-6(7)8(9)10-11;8-7-5-3-1-2-4-6(5)9-10-7;1-2-4-5-3-1;1-2/h2-5H,1H3;1-4H,(H,9,10);1-4H2;1H3. The van der Waals surface area contributed by atoms with Crippen molar-refractivity contribution in [3.8, 4) is 0 Å². The van der Waals surface area contributed by atoms with Crippen LogP contribution < -0.4 is 0 Å². The summed E-state index contributed by atoms with van der Waals surface area (Å²) in [7, 11) is 1.96. The zero-order valence-electron chi connectivity index (χ0n) is 15.8. The molecular formula is C20H23I3N4O. The third-order valence-corrected chi connectivity index (χ3v) is 5.57. The van der Waals surface area contributed by atoms with Gasteiger partial charge >= 0.3 is 0 Å². The molecule has 5 rings (SSSR count). The summed E-state index contributed by atoms with van der Waals surface area (Å²) in [5.74, 6) is 0. The van der Waals surface area contributed by atoms with Crippen molar-refractivity contribution in [3.05, 3.63) is 55.9 Å². The Kier molecular flexibility index (Phi) is 11.0. The van der Waals surface area contributed by atoms with Crippen LogP contribution in [0.2, 0.25) is 0 Å². The smallest absolute Gasteiger partial charge is 0.131 e. The van der Waals surface area contributed by atoms with E-state index in [-0.39, 0.29) is 0 Å². The number of aryl methyl sites for hydroxylation is 1. The fourth-order valence-corrected chi connectivity index (χ4v) is 3.96. The Hall–Kier alpha value is -0.470. The number of alkyl halides is 1. The Morgan fingerprint density at radius 1 is 0.929 bits per heavy atom. The molecular weight excluding hydrogens is 693 g/mol. The van der Waals surface area contributed by atoms with Crippen LogP contribution in [0.3, 0.4) is 0 Å². The van der Waals surface area contributed by atoms with E-state index < -0.39 is 0 Å². The van der Waals surface area contributed by atoms with E-state index in [9.17, 15) is 0 Å². The second kappa shape index (κ2) is 13.0. The predicted molar refractivity (Wildman–Crippen MR) is 142 cm³/mol. The summed E-state index contributed by atoms with van der Waals surface area (Å²) in [5.41, 5.74) is 2.23. The lowest BCUT2D eigenvalue weighted by molar-refractivity contribution is 0.198. The fourth-order valence-electron chi connectivity index (χ4n) is 2.61. The van der Waals surface area contributed by atoms with Crippen molar-refractivity contribution in [3.63, 3.8) is 0 Å². The molecule has 0 bridgehead atoms. The van der Waals surface area contributed by atoms with Gasteiger partial charge in [0.2, 0.25) is 0 Å². The summed E-state index contributed by atoms with van der Waals surface area (Å²) >= 11 is 6.63. The average Bonchev–Trinajstić information content (AvgIpc) is 3.49. The first-order valence-electron chi connectivity index (χ1n) is 8.78. The number of nitrogens with one attached hydrogen (secondary N) is 1. The lowest BCUT2D eigenvalue weighted by Crippen LogP contribution is -1.88. The molecule has 0 atom stereocenters. The molecule has 3 heterocycles. The predicted octanol–water partition coefficient (Wildman–Crippen LogP) is 6.19. The first-order chi connectivity index (χ1) is 13.7. The van der Waals surface area contributed by atoms with E-state index in [0.717, 1.165) is 26.1 Å². The molecule has 1 saturated heterocycles. The molecule has 2 aromatic heterocycles. The first-order valence-corrected chi connectivity index (χ1v) is 13.1. The van der Waals surface area contributed by atoms with Crippen molar-refractivity contribution >= 4 is 89.6 Å². The summed E-state index contributed by atoms with van der Waals surface area (Å²) < 4.78 is 9.02. The lowest BCUT2D eigenvalue weighted by atomic mass is 10.3. The summed E-state index contributed by atoms with van der Waals surface area (Å²) in [5, 5.41) is 13.7. The zero-order chi connectivity index (χ0) is 20.4. The van der Waals surface area contributed by atoms with Crippen molar-refractivity contribution in [1.82, 2.24) is 20.0 Å². The Bertz CT molecular complexity index is 936. The molecule has 1 aliphatic heterocycles. The number of aromatic amines is 1. The van der Waals surface area contributed by atoms with Gasteiger partial charge in [0.15, 0.2) is 0 Å². The van der Waals surface area contributed by atoms with E-state index in [0.29, 0.717) is 0 Å². The Labute approximate surface area is 206 Å². The highest BCUT2D eigenvalue weighted by molar-refractivity contribution is 14.1. The number of H-pyrrole nitrogens is 1. The number of halogens is 3. The maximum absolute atomic E-state index is 4.94. The molecule has 1 fully saturated rings. The van der Waals surface area contributed by atoms with Gasteiger partial charge < -0.3 is 4.74 Å². The van der Waals surface area contributed by atoms with E-state index in [4.69, 9.17) is 4.74 Å². The highest BCUT2D eigenvalue weighted by atomic mass is 127. The quantitative estimate of drug-likeness (QED) is 0.175. The Morgan fingerprint density at radius 3 is 2.11 bits per heavy atom. The van der Waals surface area contributed by atoms with Gasteiger partial charge in [0.25, 0.3) is 0 Å². The second-order valence-corrected chi connectivity index (χ2v) is 7.91. The van der Waals surface area contributed by atoms with Crippen LogP contribution in [-0.2, 0) is 11.8 Å². The number of aromatic nitrogens is 4. The molecule has 5 nitrogen and oxygen atoms in total. The number of para-hydroxylation sites is 2. The SMILES string of the molecule is C1CCOC1.CI.Cn1nc(I)c2ccccc21.Ic1[nH]nc2ccccc12. The zero-order valence-corrected chi connectivity index (χ0v) is 22.3. The lowest BCUT2D eigenvalue weighted by Gasteiger charge is -1.89. The van der Waals surface area contributed by atoms with Crippen molar-refractivity contribution in [1.29, 1.82) is 0 Å². The minimum Gasteiger partial charge on any atom is -0.381 e. The molecule has 0 amide bonds. The minimum atomic E-state index is 1.00. The van der Waals surface area contributed by atoms with Crippen molar-refractivity contribution in [2.75, 3.05) is 18.1 Å². The van der Waals surface area contributed by atoms with Crippen LogP contribution in [0.1, 0.15) is 12.8 Å². The summed E-state index contributed by atoms with van der Waals surface area (Å²) in [4.78, 5) is 1.97. The van der Waals surface area contributed by atoms with E-state index in [1.165, 1.54) is 29.1 Å². The number of hydrogen-bond acceptors (Lipinski definition) is 3. The van der Waals surface area contributed by atoms with E-state index in [1.807, 2.05) is 47.0 Å². The molecule has 0 saturated carbocycles. The van der Waals surface area contributed by atoms with Crippen LogP contribution in [0.4, 0.5) is 0 Å². The van der Waals surface area contributed by atoms with Crippen LogP contribution in [0, 0.1) is 7.40 Å². The van der Waals surface area contributed by atoms with Crippen LogP contribution in [0.25, 0.3) is 21.8 Å². The number of rotatable bonds is 0. The Balaban J connectivity index is 0.000000152. The van der Waals surface area contributed by atoms with E-state index >= 15 is 0 Å². The number of ether oxygens (including phenoxy) is 1. The summed E-state index contributed by atoms with van der Waals surface area (Å²) in [6, 6.07) is 16.3. The molecule has 4 aromatic rings. The third kappa shape index (κ3) is 6.80. The fraction of sp³-hybridized carbons (Fsp3) is 0.300. The molecule has 0 radical (unpaired) electrons. The van der Waals surface area contributed by atoms with Gasteiger partial charge in [-0.2, -0.15) is 10.2 Å². The van der Waals surface area contributed by atoms with Gasteiger partial charge in [-0.1, -0.05) is 59.0 Å². The third-order valence-electron chi connectivity index (χ3n) is 3.96. The van der Waals surface area contributed by atoms with Crippen LogP contribution in [0.5, 0.6) is 0 Å². The molecule has 150 valence electrons. The van der Waals surface area contributed by atoms with Gasteiger partial charge in [0.1, 0.15) is 7.40 Å². The topological polar surface area (TPSA) is 55.7 Å². The largest absolute Gasteiger partial charge is 0.381 e. The van der Waals surface area contributed by atoms with Gasteiger partial charge in [-0.25, -0.2) is 0 Å². The average molecular weight is 716 g/mol. The van der Waals surface area contributed by atoms with Gasteiger partial charge in [-0.3, -0.25) is 9.78 Å². The highest BCUT2D eigenvalue weighted by Gasteiger charge is 2.02. The van der Waals surface area contributed by atoms with Crippen LogP contribution >= 0.6 is 67.8 Å². The maximum atomic E-state index is 4.94. The molecule has 8 heteroatoms. The number of benzene rings is 2. The number of hydrogen-bond donors (Lipinski definition) is 1. The monoisotopic (exact) mass is 716 g/mol. The van der Waals surface area contributed by atoms with Gasteiger partial charge in [-0.15, -0.1) is 0 Å². The Morgan fingerprint density at radius 2 is 1.54 bits per heavy atom. The second-order valence-electron chi connectivity index (χ2n) is 5.81. The summed E-state index contributed by atoms with van der Waals surface area (Å²) in [6.07, 6.45) is 2.56. The normalized spacial score (nSPS) is 12.5. The molecule has 0 spiro atoms. The van der Waals surface area contributed by atoms with Crippen molar-refractivity contribution < 1.29 is 4.74 Å². The van der Waals surface area contributed by atoms with E-state index in [1.54, 1.807) is 0 Å². The molecule has 0 aliphatic carbocycles. The van der Waals surface area contributed by atoms with Gasteiger partial charge in [0, 0.05) is 31.0 Å². The minimum absolute atomic E-state index is 1.00. The van der Waals surface area contributed by atoms with Crippen molar-refractivity contribution in [2.24, 2.45) is 7.05 Å². The van der Waals surface area contributed by atoms with Crippen LogP contribution in [0.15, 0.2) is 48.5 Å². The molecule has 2 aromatic carbocycles. The summed E-state index contributed by atoms with van der Waals surface area (Å²) in [6.45, 7) is 2.00. The van der Waals surface area contributed by atoms with Gasteiger partial charge in [0.05, 0.1) is 11.0 Å².